The molecule has 3 nitrogen and oxygen atoms in total. The summed E-state index contributed by atoms with van der Waals surface area (Å²) in [6, 6.07) is 6.38. The molecule has 0 aromatic carbocycles. The summed E-state index contributed by atoms with van der Waals surface area (Å²) < 4.78 is 0. The number of nitrogens with one attached hydrogen (secondary N) is 1. The van der Waals surface area contributed by atoms with E-state index >= 15 is 0 Å². The van der Waals surface area contributed by atoms with Crippen molar-refractivity contribution in [3.05, 3.63) is 29.6 Å². The summed E-state index contributed by atoms with van der Waals surface area (Å²) in [6.07, 6.45) is 5.42. The second kappa shape index (κ2) is 5.12. The molecule has 0 unspecified atom stereocenters. The molecule has 20 heavy (non-hydrogen) atoms. The summed E-state index contributed by atoms with van der Waals surface area (Å²) in [4.78, 5) is 7.41. The molecule has 1 aromatic rings. The van der Waals surface area contributed by atoms with Gasteiger partial charge in [0.1, 0.15) is 0 Å². The van der Waals surface area contributed by atoms with E-state index in [1.165, 1.54) is 31.4 Å². The number of aromatic nitrogens is 1. The lowest BCUT2D eigenvalue weighted by atomic mass is 9.87. The minimum atomic E-state index is 0.206. The van der Waals surface area contributed by atoms with Crippen molar-refractivity contribution < 1.29 is 0 Å². The van der Waals surface area contributed by atoms with Crippen molar-refractivity contribution in [3.8, 4) is 0 Å². The molecule has 1 aromatic heterocycles. The highest BCUT2D eigenvalue weighted by atomic mass is 15.3. The number of pyridine rings is 1. The van der Waals surface area contributed by atoms with Gasteiger partial charge in [-0.1, -0.05) is 18.9 Å². The summed E-state index contributed by atoms with van der Waals surface area (Å²) in [7, 11) is 0. The molecule has 1 N–H and O–H groups in total. The van der Waals surface area contributed by atoms with Crippen molar-refractivity contribution in [2.45, 2.75) is 64.1 Å². The molecular weight excluding hydrogens is 246 g/mol. The zero-order valence-electron chi connectivity index (χ0n) is 13.1. The van der Waals surface area contributed by atoms with Gasteiger partial charge in [0, 0.05) is 36.4 Å². The summed E-state index contributed by atoms with van der Waals surface area (Å²) in [5.74, 6) is 0. The predicted octanol–water partition coefficient (Wildman–Crippen LogP) is 2.89. The van der Waals surface area contributed by atoms with Gasteiger partial charge in [-0.05, 0) is 45.7 Å². The standard InChI is InChI=1S/C17H27N3/c1-14-7-6-8-15(19-14)11-20-13-16(2,3)18-12-17(20)9-4-5-10-17/h6-8,18H,4-5,9-13H2,1-3H3. The molecule has 2 heterocycles. The second-order valence-corrected chi connectivity index (χ2v) is 7.30. The van der Waals surface area contributed by atoms with Crippen LogP contribution in [-0.2, 0) is 6.54 Å². The van der Waals surface area contributed by atoms with Crippen LogP contribution < -0.4 is 5.32 Å². The molecule has 1 aliphatic carbocycles. The van der Waals surface area contributed by atoms with Crippen LogP contribution in [0.2, 0.25) is 0 Å². The van der Waals surface area contributed by atoms with Gasteiger partial charge >= 0.3 is 0 Å². The predicted molar refractivity (Wildman–Crippen MR) is 82.7 cm³/mol. The van der Waals surface area contributed by atoms with Crippen molar-refractivity contribution in [2.75, 3.05) is 13.1 Å². The molecule has 110 valence electrons. The third-order valence-corrected chi connectivity index (χ3v) is 4.99. The monoisotopic (exact) mass is 273 g/mol. The van der Waals surface area contributed by atoms with Crippen molar-refractivity contribution in [3.63, 3.8) is 0 Å². The van der Waals surface area contributed by atoms with Gasteiger partial charge in [-0.15, -0.1) is 0 Å². The molecule has 1 saturated heterocycles. The van der Waals surface area contributed by atoms with E-state index in [0.29, 0.717) is 5.54 Å². The number of hydrogen-bond acceptors (Lipinski definition) is 3. The molecule has 1 saturated carbocycles. The van der Waals surface area contributed by atoms with Gasteiger partial charge in [-0.2, -0.15) is 0 Å². The van der Waals surface area contributed by atoms with E-state index in [2.05, 4.69) is 49.2 Å². The number of piperazine rings is 1. The number of rotatable bonds is 2. The Morgan fingerprint density at radius 2 is 2.00 bits per heavy atom. The highest BCUT2D eigenvalue weighted by molar-refractivity contribution is 5.12. The molecule has 0 bridgehead atoms. The fourth-order valence-corrected chi connectivity index (χ4v) is 3.85. The van der Waals surface area contributed by atoms with Gasteiger partial charge in [0.15, 0.2) is 0 Å². The van der Waals surface area contributed by atoms with Gasteiger partial charge in [0.05, 0.1) is 5.69 Å². The van der Waals surface area contributed by atoms with Crippen LogP contribution in [0.25, 0.3) is 0 Å². The van der Waals surface area contributed by atoms with E-state index in [0.717, 1.165) is 25.3 Å². The maximum atomic E-state index is 4.71. The lowest BCUT2D eigenvalue weighted by Crippen LogP contribution is -2.67. The van der Waals surface area contributed by atoms with E-state index in [4.69, 9.17) is 4.98 Å². The highest BCUT2D eigenvalue weighted by Crippen LogP contribution is 2.39. The van der Waals surface area contributed by atoms with Crippen LogP contribution in [0.1, 0.15) is 50.9 Å². The second-order valence-electron chi connectivity index (χ2n) is 7.30. The fourth-order valence-electron chi connectivity index (χ4n) is 3.85. The minimum Gasteiger partial charge on any atom is -0.309 e. The Bertz CT molecular complexity index is 475. The number of aryl methyl sites for hydroxylation is 1. The third-order valence-electron chi connectivity index (χ3n) is 4.99. The maximum Gasteiger partial charge on any atom is 0.0547 e. The molecule has 3 heteroatoms. The Balaban J connectivity index is 1.82. The average molecular weight is 273 g/mol. The Hall–Kier alpha value is -0.930. The van der Waals surface area contributed by atoms with Crippen molar-refractivity contribution >= 4 is 0 Å². The first-order valence-electron chi connectivity index (χ1n) is 7.92. The van der Waals surface area contributed by atoms with Crippen molar-refractivity contribution in [1.29, 1.82) is 0 Å². The highest BCUT2D eigenvalue weighted by Gasteiger charge is 2.45. The van der Waals surface area contributed by atoms with Gasteiger partial charge in [-0.25, -0.2) is 0 Å². The van der Waals surface area contributed by atoms with Gasteiger partial charge in [0.2, 0.25) is 0 Å². The fraction of sp³-hybridized carbons (Fsp3) is 0.706. The zero-order valence-corrected chi connectivity index (χ0v) is 13.1. The van der Waals surface area contributed by atoms with Crippen LogP contribution in [0.5, 0.6) is 0 Å². The third kappa shape index (κ3) is 2.75. The quantitative estimate of drug-likeness (QED) is 0.898. The number of hydrogen-bond donors (Lipinski definition) is 1. The van der Waals surface area contributed by atoms with Crippen LogP contribution in [0.4, 0.5) is 0 Å². The zero-order chi connectivity index (χ0) is 14.2. The first-order valence-corrected chi connectivity index (χ1v) is 7.92. The first-order chi connectivity index (χ1) is 9.49. The molecule has 0 amide bonds. The van der Waals surface area contributed by atoms with Crippen LogP contribution in [-0.4, -0.2) is 34.1 Å². The maximum absolute atomic E-state index is 4.71. The summed E-state index contributed by atoms with van der Waals surface area (Å²) in [5.41, 5.74) is 2.92. The summed E-state index contributed by atoms with van der Waals surface area (Å²) in [5, 5.41) is 3.76. The van der Waals surface area contributed by atoms with Gasteiger partial charge < -0.3 is 5.32 Å². The Morgan fingerprint density at radius 3 is 2.70 bits per heavy atom. The summed E-state index contributed by atoms with van der Waals surface area (Å²) >= 11 is 0. The smallest absolute Gasteiger partial charge is 0.0547 e. The van der Waals surface area contributed by atoms with Crippen LogP contribution in [0.15, 0.2) is 18.2 Å². The lowest BCUT2D eigenvalue weighted by molar-refractivity contribution is 0.0112. The van der Waals surface area contributed by atoms with Gasteiger partial charge in [0.25, 0.3) is 0 Å². The van der Waals surface area contributed by atoms with E-state index in [-0.39, 0.29) is 5.54 Å². The summed E-state index contributed by atoms with van der Waals surface area (Å²) in [6.45, 7) is 9.94. The Morgan fingerprint density at radius 1 is 1.25 bits per heavy atom. The molecule has 0 atom stereocenters. The topological polar surface area (TPSA) is 28.2 Å². The van der Waals surface area contributed by atoms with Crippen molar-refractivity contribution in [2.24, 2.45) is 0 Å². The molecule has 2 aliphatic rings. The molecule has 2 fully saturated rings. The molecule has 1 aliphatic heterocycles. The first kappa shape index (κ1) is 14.0. The van der Waals surface area contributed by atoms with Crippen molar-refractivity contribution in [1.82, 2.24) is 15.2 Å². The average Bonchev–Trinajstić information content (AvgIpc) is 2.84. The Labute approximate surface area is 122 Å². The molecule has 0 radical (unpaired) electrons. The van der Waals surface area contributed by atoms with Crippen LogP contribution in [0.3, 0.4) is 0 Å². The largest absolute Gasteiger partial charge is 0.309 e. The van der Waals surface area contributed by atoms with Crippen LogP contribution in [0, 0.1) is 6.92 Å². The SMILES string of the molecule is Cc1cccc(CN2CC(C)(C)NCC23CCCC3)n1. The minimum absolute atomic E-state index is 0.206. The molecule has 3 rings (SSSR count). The van der Waals surface area contributed by atoms with Crippen LogP contribution >= 0.6 is 0 Å². The normalized spacial score (nSPS) is 25.1. The van der Waals surface area contributed by atoms with E-state index in [9.17, 15) is 0 Å². The van der Waals surface area contributed by atoms with Gasteiger partial charge in [-0.3, -0.25) is 9.88 Å². The van der Waals surface area contributed by atoms with E-state index in [1.54, 1.807) is 0 Å². The Kier molecular flexibility index (Phi) is 3.59. The molecule has 1 spiro atoms. The number of nitrogens with zero attached hydrogens (tertiary/aromatic N) is 2. The van der Waals surface area contributed by atoms with E-state index < -0.39 is 0 Å². The van der Waals surface area contributed by atoms with E-state index in [1.807, 2.05) is 0 Å². The molecular formula is C17H27N3. The lowest BCUT2D eigenvalue weighted by Gasteiger charge is -2.51.